The van der Waals surface area contributed by atoms with Gasteiger partial charge in [0.25, 0.3) is 0 Å². The molecule has 0 unspecified atom stereocenters. The monoisotopic (exact) mass is 671 g/mol. The highest BCUT2D eigenvalue weighted by Crippen LogP contribution is 2.46. The van der Waals surface area contributed by atoms with E-state index in [9.17, 15) is 23.1 Å². The van der Waals surface area contributed by atoms with Gasteiger partial charge in [-0.25, -0.2) is 9.78 Å². The molecule has 1 N–H and O–H groups in total. The molecule has 1 aliphatic carbocycles. The summed E-state index contributed by atoms with van der Waals surface area (Å²) in [5.41, 5.74) is 2.67. The summed E-state index contributed by atoms with van der Waals surface area (Å²) in [5.74, 6) is 0.373. The quantitative estimate of drug-likeness (QED) is 0.157. The molecular weight excluding hydrogens is 647 g/mol. The van der Waals surface area contributed by atoms with Gasteiger partial charge in [-0.2, -0.15) is 0 Å². The number of methoxy groups -OCH3 is 1. The molecule has 46 heavy (non-hydrogen) atoms. The number of ether oxygens (including phenoxy) is 3. The Hall–Kier alpha value is -4.49. The molecule has 0 bridgehead atoms. The molecule has 0 amide bonds. The van der Waals surface area contributed by atoms with Crippen molar-refractivity contribution in [1.29, 1.82) is 0 Å². The highest BCUT2D eigenvalue weighted by molar-refractivity contribution is 7.22. The van der Waals surface area contributed by atoms with E-state index in [1.807, 2.05) is 12.1 Å². The Balaban J connectivity index is 1.06. The molecule has 14 heteroatoms. The third kappa shape index (κ3) is 5.92. The fraction of sp³-hybridized carbons (Fsp3) is 0.281. The minimum Gasteiger partial charge on any atom is -0.494 e. The molecule has 1 aliphatic heterocycles. The summed E-state index contributed by atoms with van der Waals surface area (Å²) in [6, 6.07) is 14.3. The second kappa shape index (κ2) is 11.7. The van der Waals surface area contributed by atoms with Gasteiger partial charge in [0, 0.05) is 35.5 Å². The lowest BCUT2D eigenvalue weighted by atomic mass is 9.92. The number of carboxylic acid groups (broad SMARTS) is 1. The Morgan fingerprint density at radius 2 is 1.89 bits per heavy atom. The van der Waals surface area contributed by atoms with Gasteiger partial charge in [-0.15, -0.1) is 13.2 Å². The smallest absolute Gasteiger partial charge is 0.494 e. The number of para-hydroxylation sites is 1. The number of benzene rings is 3. The summed E-state index contributed by atoms with van der Waals surface area (Å²) in [7, 11) is 1.48. The molecule has 3 aromatic carbocycles. The fourth-order valence-electron chi connectivity index (χ4n) is 5.53. The first-order valence-electron chi connectivity index (χ1n) is 14.3. The summed E-state index contributed by atoms with van der Waals surface area (Å²) in [6.45, 7) is 1.35. The lowest BCUT2D eigenvalue weighted by Gasteiger charge is -2.39. The molecule has 1 saturated heterocycles. The van der Waals surface area contributed by atoms with Crippen LogP contribution in [-0.2, 0) is 6.61 Å². The van der Waals surface area contributed by atoms with Crippen molar-refractivity contribution in [3.8, 4) is 28.5 Å². The zero-order chi connectivity index (χ0) is 32.2. The van der Waals surface area contributed by atoms with E-state index >= 15 is 0 Å². The lowest BCUT2D eigenvalue weighted by Crippen LogP contribution is -2.45. The van der Waals surface area contributed by atoms with Crippen molar-refractivity contribution in [1.82, 2.24) is 10.1 Å². The zero-order valence-corrected chi connectivity index (χ0v) is 25.7. The molecule has 0 spiro atoms. The minimum atomic E-state index is -4.86. The van der Waals surface area contributed by atoms with E-state index in [0.717, 1.165) is 28.2 Å². The number of anilines is 1. The van der Waals surface area contributed by atoms with Gasteiger partial charge >= 0.3 is 12.3 Å². The second-order valence-corrected chi connectivity index (χ2v) is 12.5. The summed E-state index contributed by atoms with van der Waals surface area (Å²) in [5, 5.41) is 14.8. The average Bonchev–Trinajstić information content (AvgIpc) is 3.61. The zero-order valence-electron chi connectivity index (χ0n) is 24.1. The van der Waals surface area contributed by atoms with Gasteiger partial charge < -0.3 is 28.7 Å². The van der Waals surface area contributed by atoms with Crippen LogP contribution in [0.4, 0.5) is 18.3 Å². The SMILES string of the molecule is COc1cc(C(=O)O)cc2sc(N3CC(c4ccc(OCc5c(-c6ccccc6OC(F)(F)F)noc5C5CC5)cc4Cl)C3)nc12. The molecule has 2 aromatic heterocycles. The number of hydrogen-bond acceptors (Lipinski definition) is 9. The Kier molecular flexibility index (Phi) is 7.68. The van der Waals surface area contributed by atoms with Gasteiger partial charge in [0.1, 0.15) is 40.8 Å². The maximum Gasteiger partial charge on any atom is 0.573 e. The number of thiazole rings is 1. The van der Waals surface area contributed by atoms with Crippen LogP contribution in [0.1, 0.15) is 51.9 Å². The molecule has 2 aliphatic rings. The minimum absolute atomic E-state index is 0.0164. The van der Waals surface area contributed by atoms with E-state index in [0.29, 0.717) is 46.5 Å². The van der Waals surface area contributed by atoms with Crippen molar-refractivity contribution < 1.29 is 41.8 Å². The van der Waals surface area contributed by atoms with Gasteiger partial charge in [-0.3, -0.25) is 0 Å². The van der Waals surface area contributed by atoms with E-state index in [1.165, 1.54) is 42.7 Å². The van der Waals surface area contributed by atoms with Crippen LogP contribution in [0.3, 0.4) is 0 Å². The van der Waals surface area contributed by atoms with Crippen LogP contribution in [0.5, 0.6) is 17.2 Å². The maximum atomic E-state index is 13.1. The number of rotatable bonds is 10. The number of halogens is 4. The first kappa shape index (κ1) is 30.2. The van der Waals surface area contributed by atoms with Crippen molar-refractivity contribution >= 4 is 44.3 Å². The average molecular weight is 672 g/mol. The predicted octanol–water partition coefficient (Wildman–Crippen LogP) is 8.27. The van der Waals surface area contributed by atoms with Crippen molar-refractivity contribution in [2.24, 2.45) is 0 Å². The van der Waals surface area contributed by atoms with E-state index < -0.39 is 12.3 Å². The van der Waals surface area contributed by atoms with Crippen LogP contribution in [0.15, 0.2) is 59.1 Å². The van der Waals surface area contributed by atoms with E-state index in [4.69, 9.17) is 30.6 Å². The van der Waals surface area contributed by atoms with Gasteiger partial charge in [-0.05, 0) is 54.8 Å². The number of aromatic nitrogens is 2. The van der Waals surface area contributed by atoms with Gasteiger partial charge in [0.2, 0.25) is 0 Å². The normalized spacial score (nSPS) is 15.2. The summed E-state index contributed by atoms with van der Waals surface area (Å²) >= 11 is 8.11. The first-order chi connectivity index (χ1) is 22.1. The Morgan fingerprint density at radius 3 is 2.59 bits per heavy atom. The van der Waals surface area contributed by atoms with Gasteiger partial charge in [-0.1, -0.05) is 46.3 Å². The third-order valence-corrected chi connectivity index (χ3v) is 9.39. The molecule has 1 saturated carbocycles. The van der Waals surface area contributed by atoms with Gasteiger partial charge in [0.15, 0.2) is 5.13 Å². The van der Waals surface area contributed by atoms with Crippen LogP contribution >= 0.6 is 22.9 Å². The number of alkyl halides is 3. The summed E-state index contributed by atoms with van der Waals surface area (Å²) < 4.78 is 61.3. The Labute approximate surface area is 269 Å². The number of nitrogens with zero attached hydrogens (tertiary/aromatic N) is 3. The third-order valence-electron chi connectivity index (χ3n) is 8.00. The first-order valence-corrected chi connectivity index (χ1v) is 15.5. The highest BCUT2D eigenvalue weighted by Gasteiger charge is 2.36. The van der Waals surface area contributed by atoms with Crippen LogP contribution in [0.25, 0.3) is 21.5 Å². The van der Waals surface area contributed by atoms with Crippen molar-refractivity contribution in [3.05, 3.63) is 82.1 Å². The Bertz CT molecular complexity index is 1950. The topological polar surface area (TPSA) is 107 Å². The van der Waals surface area contributed by atoms with Crippen molar-refractivity contribution in [2.75, 3.05) is 25.1 Å². The van der Waals surface area contributed by atoms with Crippen LogP contribution in [0, 0.1) is 0 Å². The number of carboxylic acids is 1. The van der Waals surface area contributed by atoms with Crippen LogP contribution < -0.4 is 19.1 Å². The number of hydrogen-bond donors (Lipinski definition) is 1. The number of aromatic carboxylic acids is 1. The second-order valence-electron chi connectivity index (χ2n) is 11.1. The standard InChI is InChI=1S/C32H25ClF3N3O6S/c1-42-25-10-17(30(40)41)11-26-28(25)37-31(46-26)39-13-18(14-39)20-9-8-19(12-23(20)33)43-15-22-27(38-45-29(22)16-6-7-16)21-4-2-3-5-24(21)44-32(34,35)36/h2-5,8-12,16,18H,6-7,13-15H2,1H3,(H,40,41). The number of carbonyl (C=O) groups is 1. The lowest BCUT2D eigenvalue weighted by molar-refractivity contribution is -0.274. The van der Waals surface area contributed by atoms with Crippen LogP contribution in [0.2, 0.25) is 5.02 Å². The molecular formula is C32H25ClF3N3O6S. The van der Waals surface area contributed by atoms with Crippen LogP contribution in [-0.4, -0.2) is 47.8 Å². The molecule has 7 rings (SSSR count). The molecule has 3 heterocycles. The summed E-state index contributed by atoms with van der Waals surface area (Å²) in [6.07, 6.45) is -3.07. The molecule has 9 nitrogen and oxygen atoms in total. The van der Waals surface area contributed by atoms with Gasteiger partial charge in [0.05, 0.1) is 22.9 Å². The van der Waals surface area contributed by atoms with E-state index in [2.05, 4.69) is 14.8 Å². The fourth-order valence-corrected chi connectivity index (χ4v) is 6.90. The van der Waals surface area contributed by atoms with Crippen molar-refractivity contribution in [3.63, 3.8) is 0 Å². The number of fused-ring (bicyclic) bond motifs is 1. The van der Waals surface area contributed by atoms with Crippen molar-refractivity contribution in [2.45, 2.75) is 37.6 Å². The highest BCUT2D eigenvalue weighted by atomic mass is 35.5. The Morgan fingerprint density at radius 1 is 1.11 bits per heavy atom. The molecule has 0 atom stereocenters. The molecule has 0 radical (unpaired) electrons. The van der Waals surface area contributed by atoms with E-state index in [-0.39, 0.29) is 41.0 Å². The predicted molar refractivity (Wildman–Crippen MR) is 164 cm³/mol. The summed E-state index contributed by atoms with van der Waals surface area (Å²) in [4.78, 5) is 18.3. The van der Waals surface area contributed by atoms with E-state index in [1.54, 1.807) is 18.2 Å². The molecule has 2 fully saturated rings. The maximum absolute atomic E-state index is 13.1. The largest absolute Gasteiger partial charge is 0.573 e. The molecule has 5 aromatic rings. The molecule has 238 valence electrons.